The quantitative estimate of drug-likeness (QED) is 0.878. The Morgan fingerprint density at radius 2 is 2.10 bits per heavy atom. The maximum atomic E-state index is 11.8. The van der Waals surface area contributed by atoms with E-state index in [9.17, 15) is 4.79 Å². The normalized spacial score (nSPS) is 10.3. The van der Waals surface area contributed by atoms with Gasteiger partial charge in [0, 0.05) is 43.8 Å². The lowest BCUT2D eigenvalue weighted by molar-refractivity contribution is 0.0956. The summed E-state index contributed by atoms with van der Waals surface area (Å²) < 4.78 is 2.03. The SMILES string of the molecule is CCNC(=O)c1ccc(NCc2ccn(C)c2)c(C)c1. The zero-order valence-electron chi connectivity index (χ0n) is 12.2. The molecule has 0 saturated heterocycles. The number of anilines is 1. The van der Waals surface area contributed by atoms with Crippen LogP contribution in [0.3, 0.4) is 0 Å². The van der Waals surface area contributed by atoms with Gasteiger partial charge in [-0.05, 0) is 49.2 Å². The maximum absolute atomic E-state index is 11.8. The van der Waals surface area contributed by atoms with E-state index < -0.39 is 0 Å². The predicted octanol–water partition coefficient (Wildman–Crippen LogP) is 2.70. The Morgan fingerprint density at radius 1 is 1.30 bits per heavy atom. The molecule has 0 aliphatic rings. The third kappa shape index (κ3) is 3.41. The molecule has 4 nitrogen and oxygen atoms in total. The molecule has 0 radical (unpaired) electrons. The minimum atomic E-state index is -0.0230. The fourth-order valence-electron chi connectivity index (χ4n) is 2.13. The summed E-state index contributed by atoms with van der Waals surface area (Å²) in [5, 5.41) is 6.20. The van der Waals surface area contributed by atoms with Crippen molar-refractivity contribution in [2.24, 2.45) is 7.05 Å². The highest BCUT2D eigenvalue weighted by atomic mass is 16.1. The van der Waals surface area contributed by atoms with Crippen molar-refractivity contribution in [3.8, 4) is 0 Å². The number of aryl methyl sites for hydroxylation is 2. The topological polar surface area (TPSA) is 46.1 Å². The van der Waals surface area contributed by atoms with Gasteiger partial charge in [0.25, 0.3) is 5.91 Å². The molecular formula is C16H21N3O. The summed E-state index contributed by atoms with van der Waals surface area (Å²) in [5.41, 5.74) is 4.07. The number of hydrogen-bond acceptors (Lipinski definition) is 2. The largest absolute Gasteiger partial charge is 0.381 e. The number of carbonyl (C=O) groups excluding carboxylic acids is 1. The van der Waals surface area contributed by atoms with Crippen molar-refractivity contribution in [3.05, 3.63) is 53.3 Å². The molecule has 0 aliphatic carbocycles. The summed E-state index contributed by atoms with van der Waals surface area (Å²) >= 11 is 0. The van der Waals surface area contributed by atoms with Crippen molar-refractivity contribution in [1.29, 1.82) is 0 Å². The van der Waals surface area contributed by atoms with E-state index in [1.54, 1.807) is 0 Å². The van der Waals surface area contributed by atoms with Crippen LogP contribution < -0.4 is 10.6 Å². The molecule has 4 heteroatoms. The highest BCUT2D eigenvalue weighted by Crippen LogP contribution is 2.17. The zero-order valence-corrected chi connectivity index (χ0v) is 12.2. The van der Waals surface area contributed by atoms with Crippen LogP contribution in [0.1, 0.15) is 28.4 Å². The fourth-order valence-corrected chi connectivity index (χ4v) is 2.13. The number of benzene rings is 1. The van der Waals surface area contributed by atoms with E-state index in [0.29, 0.717) is 12.1 Å². The zero-order chi connectivity index (χ0) is 14.5. The predicted molar refractivity (Wildman–Crippen MR) is 81.9 cm³/mol. The van der Waals surface area contributed by atoms with Gasteiger partial charge in [0.2, 0.25) is 0 Å². The first-order chi connectivity index (χ1) is 9.60. The molecule has 2 rings (SSSR count). The van der Waals surface area contributed by atoms with Crippen molar-refractivity contribution in [2.45, 2.75) is 20.4 Å². The summed E-state index contributed by atoms with van der Waals surface area (Å²) in [7, 11) is 2.01. The first kappa shape index (κ1) is 14.2. The second-order valence-corrected chi connectivity index (χ2v) is 4.93. The van der Waals surface area contributed by atoms with Crippen molar-refractivity contribution in [1.82, 2.24) is 9.88 Å². The highest BCUT2D eigenvalue weighted by Gasteiger charge is 2.06. The molecule has 0 atom stereocenters. The Kier molecular flexibility index (Phi) is 4.45. The van der Waals surface area contributed by atoms with Crippen LogP contribution in [0.15, 0.2) is 36.7 Å². The molecule has 1 amide bonds. The summed E-state index contributed by atoms with van der Waals surface area (Å²) in [6.07, 6.45) is 4.12. The third-order valence-electron chi connectivity index (χ3n) is 3.20. The molecule has 0 aliphatic heterocycles. The van der Waals surface area contributed by atoms with E-state index in [0.717, 1.165) is 17.8 Å². The maximum Gasteiger partial charge on any atom is 0.251 e. The summed E-state index contributed by atoms with van der Waals surface area (Å²) in [6.45, 7) is 5.35. The summed E-state index contributed by atoms with van der Waals surface area (Å²) in [6, 6.07) is 7.82. The van der Waals surface area contributed by atoms with Crippen molar-refractivity contribution < 1.29 is 4.79 Å². The number of aromatic nitrogens is 1. The van der Waals surface area contributed by atoms with Gasteiger partial charge in [0.05, 0.1) is 0 Å². The van der Waals surface area contributed by atoms with E-state index in [2.05, 4.69) is 22.9 Å². The number of rotatable bonds is 5. The van der Waals surface area contributed by atoms with Crippen LogP contribution in [0.4, 0.5) is 5.69 Å². The molecule has 106 valence electrons. The van der Waals surface area contributed by atoms with Gasteiger partial charge in [-0.2, -0.15) is 0 Å². The molecule has 0 fully saturated rings. The second kappa shape index (κ2) is 6.28. The molecule has 1 aromatic carbocycles. The van der Waals surface area contributed by atoms with Gasteiger partial charge < -0.3 is 15.2 Å². The summed E-state index contributed by atoms with van der Waals surface area (Å²) in [4.78, 5) is 11.8. The van der Waals surface area contributed by atoms with Crippen LogP contribution in [0.25, 0.3) is 0 Å². The van der Waals surface area contributed by atoms with Gasteiger partial charge in [-0.3, -0.25) is 4.79 Å². The number of nitrogens with one attached hydrogen (secondary N) is 2. The number of carbonyl (C=O) groups is 1. The van der Waals surface area contributed by atoms with Crippen molar-refractivity contribution in [3.63, 3.8) is 0 Å². The third-order valence-corrected chi connectivity index (χ3v) is 3.20. The van der Waals surface area contributed by atoms with Crippen molar-refractivity contribution in [2.75, 3.05) is 11.9 Å². The van der Waals surface area contributed by atoms with E-state index in [1.165, 1.54) is 5.56 Å². The van der Waals surface area contributed by atoms with E-state index >= 15 is 0 Å². The second-order valence-electron chi connectivity index (χ2n) is 4.93. The van der Waals surface area contributed by atoms with Crippen molar-refractivity contribution >= 4 is 11.6 Å². The van der Waals surface area contributed by atoms with E-state index in [4.69, 9.17) is 0 Å². The Bertz CT molecular complexity index is 602. The average Bonchev–Trinajstić information content (AvgIpc) is 2.83. The van der Waals surface area contributed by atoms with Crippen LogP contribution in [0.5, 0.6) is 0 Å². The standard InChI is InChI=1S/C16H21N3O/c1-4-17-16(20)14-5-6-15(12(2)9-14)18-10-13-7-8-19(3)11-13/h5-9,11,18H,4,10H2,1-3H3,(H,17,20). The molecule has 0 unspecified atom stereocenters. The fraction of sp³-hybridized carbons (Fsp3) is 0.312. The van der Waals surface area contributed by atoms with Crippen LogP contribution in [-0.4, -0.2) is 17.0 Å². The van der Waals surface area contributed by atoms with Gasteiger partial charge >= 0.3 is 0 Å². The Balaban J connectivity index is 2.04. The molecule has 2 aromatic rings. The number of hydrogen-bond donors (Lipinski definition) is 2. The lowest BCUT2D eigenvalue weighted by atomic mass is 10.1. The van der Waals surface area contributed by atoms with E-state index in [-0.39, 0.29) is 5.91 Å². The van der Waals surface area contributed by atoms with Gasteiger partial charge in [0.1, 0.15) is 0 Å². The minimum absolute atomic E-state index is 0.0230. The Hall–Kier alpha value is -2.23. The molecule has 0 saturated carbocycles. The molecular weight excluding hydrogens is 250 g/mol. The van der Waals surface area contributed by atoms with Crippen LogP contribution in [0.2, 0.25) is 0 Å². The first-order valence-corrected chi connectivity index (χ1v) is 6.83. The monoisotopic (exact) mass is 271 g/mol. The Morgan fingerprint density at radius 3 is 2.70 bits per heavy atom. The van der Waals surface area contributed by atoms with Gasteiger partial charge in [-0.1, -0.05) is 0 Å². The molecule has 20 heavy (non-hydrogen) atoms. The molecule has 1 heterocycles. The Labute approximate surface area is 119 Å². The molecule has 0 spiro atoms. The lowest BCUT2D eigenvalue weighted by Gasteiger charge is -2.10. The number of amides is 1. The van der Waals surface area contributed by atoms with E-state index in [1.807, 2.05) is 49.9 Å². The average molecular weight is 271 g/mol. The highest BCUT2D eigenvalue weighted by molar-refractivity contribution is 5.94. The van der Waals surface area contributed by atoms with Gasteiger partial charge in [0.15, 0.2) is 0 Å². The van der Waals surface area contributed by atoms with Crippen LogP contribution in [0, 0.1) is 6.92 Å². The minimum Gasteiger partial charge on any atom is -0.381 e. The van der Waals surface area contributed by atoms with Crippen LogP contribution >= 0.6 is 0 Å². The number of nitrogens with zero attached hydrogens (tertiary/aromatic N) is 1. The van der Waals surface area contributed by atoms with Gasteiger partial charge in [-0.25, -0.2) is 0 Å². The summed E-state index contributed by atoms with van der Waals surface area (Å²) in [5.74, 6) is -0.0230. The van der Waals surface area contributed by atoms with Gasteiger partial charge in [-0.15, -0.1) is 0 Å². The molecule has 0 bridgehead atoms. The smallest absolute Gasteiger partial charge is 0.251 e. The van der Waals surface area contributed by atoms with Crippen LogP contribution in [-0.2, 0) is 13.6 Å². The molecule has 2 N–H and O–H groups in total. The molecule has 1 aromatic heterocycles. The lowest BCUT2D eigenvalue weighted by Crippen LogP contribution is -2.22. The first-order valence-electron chi connectivity index (χ1n) is 6.83.